The standard InChI is InChI=1S/C20H27S2.3CH3.Sn/c1-5-8-9-15(6-2)13-20(7-3)16-10-11-21-18(16)19-17(20)12-14(4)22-19;;;;/h10,12,15H,5-9,13H2,1-4H3;3*1H3;. The van der Waals surface area contributed by atoms with E-state index in [2.05, 4.69) is 66.0 Å². The summed E-state index contributed by atoms with van der Waals surface area (Å²) in [4.78, 5) is 12.5. The Labute approximate surface area is 173 Å². The fourth-order valence-corrected chi connectivity index (χ4v) is 12.4. The van der Waals surface area contributed by atoms with E-state index >= 15 is 0 Å². The molecule has 2 aromatic rings. The third-order valence-electron chi connectivity index (χ3n) is 6.35. The van der Waals surface area contributed by atoms with E-state index in [1.165, 1.54) is 43.4 Å². The monoisotopic (exact) mass is 496 g/mol. The zero-order chi connectivity index (χ0) is 19.1. The summed E-state index contributed by atoms with van der Waals surface area (Å²) in [6.07, 6.45) is 8.04. The van der Waals surface area contributed by atoms with Crippen LogP contribution in [0, 0.1) is 12.8 Å². The quantitative estimate of drug-likeness (QED) is 0.326. The first-order chi connectivity index (χ1) is 12.3. The van der Waals surface area contributed by atoms with Crippen LogP contribution in [0.1, 0.15) is 75.3 Å². The molecule has 1 aliphatic carbocycles. The fraction of sp³-hybridized carbons (Fsp3) is 0.652. The first-order valence-electron chi connectivity index (χ1n) is 10.5. The van der Waals surface area contributed by atoms with Gasteiger partial charge in [-0.1, -0.05) is 0 Å². The molecular weight excluding hydrogens is 459 g/mol. The SMILES string of the molecule is CCCCC(CC)CC1(CC)c2cc(C)sc2-c2s[c]([Sn]([CH3])([CH3])[CH3])cc21. The van der Waals surface area contributed by atoms with E-state index in [1.807, 2.05) is 11.3 Å². The molecule has 0 saturated heterocycles. The molecule has 3 rings (SSSR count). The molecule has 26 heavy (non-hydrogen) atoms. The predicted molar refractivity (Wildman–Crippen MR) is 124 cm³/mol. The first-order valence-corrected chi connectivity index (χ1v) is 22.1. The number of hydrogen-bond acceptors (Lipinski definition) is 2. The van der Waals surface area contributed by atoms with Crippen LogP contribution in [0.15, 0.2) is 12.1 Å². The van der Waals surface area contributed by atoms with Gasteiger partial charge in [-0.25, -0.2) is 0 Å². The first kappa shape index (κ1) is 20.9. The van der Waals surface area contributed by atoms with Gasteiger partial charge in [0, 0.05) is 0 Å². The molecule has 1 aliphatic rings. The van der Waals surface area contributed by atoms with Crippen molar-refractivity contribution in [2.75, 3.05) is 0 Å². The molecule has 2 aromatic heterocycles. The van der Waals surface area contributed by atoms with Crippen molar-refractivity contribution in [1.82, 2.24) is 0 Å². The van der Waals surface area contributed by atoms with Gasteiger partial charge in [-0.05, 0) is 0 Å². The van der Waals surface area contributed by atoms with E-state index in [9.17, 15) is 0 Å². The average Bonchev–Trinajstić information content (AvgIpc) is 3.23. The van der Waals surface area contributed by atoms with Crippen LogP contribution in [0.3, 0.4) is 0 Å². The molecule has 2 heterocycles. The van der Waals surface area contributed by atoms with E-state index in [0.717, 1.165) is 5.92 Å². The Kier molecular flexibility index (Phi) is 6.36. The van der Waals surface area contributed by atoms with Crippen LogP contribution in [-0.4, -0.2) is 18.4 Å². The van der Waals surface area contributed by atoms with Crippen molar-refractivity contribution in [3.8, 4) is 9.75 Å². The summed E-state index contributed by atoms with van der Waals surface area (Å²) in [7, 11) is 0. The second-order valence-electron chi connectivity index (χ2n) is 9.26. The molecule has 3 heteroatoms. The van der Waals surface area contributed by atoms with Gasteiger partial charge in [-0.15, -0.1) is 0 Å². The van der Waals surface area contributed by atoms with Crippen molar-refractivity contribution in [3.63, 3.8) is 0 Å². The van der Waals surface area contributed by atoms with Crippen molar-refractivity contribution < 1.29 is 0 Å². The van der Waals surface area contributed by atoms with Gasteiger partial charge < -0.3 is 0 Å². The van der Waals surface area contributed by atoms with E-state index < -0.39 is 18.4 Å². The van der Waals surface area contributed by atoms with Crippen LogP contribution in [0.5, 0.6) is 0 Å². The molecule has 2 atom stereocenters. The van der Waals surface area contributed by atoms with Gasteiger partial charge in [0.25, 0.3) is 0 Å². The van der Waals surface area contributed by atoms with Crippen molar-refractivity contribution in [2.24, 2.45) is 5.92 Å². The third-order valence-corrected chi connectivity index (χ3v) is 18.1. The number of rotatable bonds is 8. The van der Waals surface area contributed by atoms with Crippen molar-refractivity contribution in [3.05, 3.63) is 28.1 Å². The molecule has 0 saturated carbocycles. The van der Waals surface area contributed by atoms with E-state index in [0.29, 0.717) is 0 Å². The maximum atomic E-state index is 2.67. The van der Waals surface area contributed by atoms with E-state index in [4.69, 9.17) is 0 Å². The normalized spacial score (nSPS) is 20.3. The van der Waals surface area contributed by atoms with Gasteiger partial charge in [-0.2, -0.15) is 0 Å². The Morgan fingerprint density at radius 1 is 1.00 bits per heavy atom. The van der Waals surface area contributed by atoms with Crippen LogP contribution in [0.25, 0.3) is 9.75 Å². The number of thiophene rings is 2. The van der Waals surface area contributed by atoms with E-state index in [1.54, 1.807) is 23.8 Å². The molecule has 0 amide bonds. The molecule has 2 unspecified atom stereocenters. The van der Waals surface area contributed by atoms with Gasteiger partial charge in [-0.3, -0.25) is 0 Å². The molecule has 0 bridgehead atoms. The van der Waals surface area contributed by atoms with Gasteiger partial charge in [0.15, 0.2) is 0 Å². The van der Waals surface area contributed by atoms with Crippen LogP contribution >= 0.6 is 22.7 Å². The Bertz CT molecular complexity index is 762. The van der Waals surface area contributed by atoms with Gasteiger partial charge in [0.1, 0.15) is 0 Å². The van der Waals surface area contributed by atoms with Crippen LogP contribution in [0.4, 0.5) is 0 Å². The topological polar surface area (TPSA) is 0 Å². The second-order valence-corrected chi connectivity index (χ2v) is 27.0. The average molecular weight is 495 g/mol. The van der Waals surface area contributed by atoms with Crippen molar-refractivity contribution >= 4 is 43.9 Å². The molecule has 0 aromatic carbocycles. The van der Waals surface area contributed by atoms with Gasteiger partial charge in [0.2, 0.25) is 0 Å². The molecule has 0 aliphatic heterocycles. The summed E-state index contributed by atoms with van der Waals surface area (Å²) in [5.74, 6) is 0.857. The Morgan fingerprint density at radius 3 is 2.23 bits per heavy atom. The van der Waals surface area contributed by atoms with Crippen molar-refractivity contribution in [2.45, 2.75) is 86.5 Å². The van der Waals surface area contributed by atoms with E-state index in [-0.39, 0.29) is 5.41 Å². The summed E-state index contributed by atoms with van der Waals surface area (Å²) in [5, 5.41) is 0. The Morgan fingerprint density at radius 2 is 1.65 bits per heavy atom. The second kappa shape index (κ2) is 7.91. The summed E-state index contributed by atoms with van der Waals surface area (Å²) >= 11 is 2.17. The molecule has 0 spiro atoms. The molecule has 0 N–H and O–H groups in total. The zero-order valence-corrected chi connectivity index (χ0v) is 22.3. The van der Waals surface area contributed by atoms with Crippen LogP contribution in [0.2, 0.25) is 14.8 Å². The molecule has 0 radical (unpaired) electrons. The summed E-state index contributed by atoms with van der Waals surface area (Å²) in [6.45, 7) is 9.48. The third kappa shape index (κ3) is 3.59. The Balaban J connectivity index is 2.11. The van der Waals surface area contributed by atoms with Gasteiger partial charge >= 0.3 is 174 Å². The molecule has 0 fully saturated rings. The maximum absolute atomic E-state index is 2.67. The van der Waals surface area contributed by atoms with Crippen molar-refractivity contribution in [1.29, 1.82) is 0 Å². The zero-order valence-electron chi connectivity index (χ0n) is 17.8. The molecule has 144 valence electrons. The van der Waals surface area contributed by atoms with Gasteiger partial charge in [0.05, 0.1) is 0 Å². The number of fused-ring (bicyclic) bond motifs is 3. The minimum absolute atomic E-state index is 0.287. The number of unbranched alkanes of at least 4 members (excludes halogenated alkanes) is 1. The number of hydrogen-bond donors (Lipinski definition) is 0. The fourth-order valence-electron chi connectivity index (χ4n) is 4.65. The molecular formula is C23H36S2Sn. The number of aryl methyl sites for hydroxylation is 1. The summed E-state index contributed by atoms with van der Waals surface area (Å²) in [6, 6.07) is 5.21. The summed E-state index contributed by atoms with van der Waals surface area (Å²) < 4.78 is 1.76. The molecule has 0 nitrogen and oxygen atoms in total. The minimum atomic E-state index is -2.03. The predicted octanol–water partition coefficient (Wildman–Crippen LogP) is 7.95. The van der Waals surface area contributed by atoms with Crippen LogP contribution in [-0.2, 0) is 5.41 Å². The summed E-state index contributed by atoms with van der Waals surface area (Å²) in [5.41, 5.74) is 3.67. The Hall–Kier alpha value is 0.199. The van der Waals surface area contributed by atoms with Crippen LogP contribution < -0.4 is 2.89 Å².